The highest BCUT2D eigenvalue weighted by molar-refractivity contribution is 7.93. The van der Waals surface area contributed by atoms with Gasteiger partial charge in [-0.3, -0.25) is 9.40 Å². The van der Waals surface area contributed by atoms with Crippen LogP contribution in [-0.2, 0) is 33.1 Å². The Hall–Kier alpha value is -2.20. The van der Waals surface area contributed by atoms with Gasteiger partial charge in [0.05, 0.1) is 11.3 Å². The van der Waals surface area contributed by atoms with Crippen molar-refractivity contribution in [2.45, 2.75) is 16.7 Å². The zero-order valence-corrected chi connectivity index (χ0v) is 17.0. The van der Waals surface area contributed by atoms with Crippen molar-refractivity contribution in [3.63, 3.8) is 0 Å². The highest BCUT2D eigenvalue weighted by Crippen LogP contribution is 2.40. The van der Waals surface area contributed by atoms with Gasteiger partial charge in [0.2, 0.25) is 0 Å². The average Bonchev–Trinajstić information content (AvgIpc) is 2.78. The van der Waals surface area contributed by atoms with E-state index in [1.807, 2.05) is 0 Å². The van der Waals surface area contributed by atoms with E-state index in [1.54, 1.807) is 0 Å². The molecule has 1 aromatic carbocycles. The molecule has 0 spiro atoms. The van der Waals surface area contributed by atoms with E-state index in [9.17, 15) is 43.2 Å². The summed E-state index contributed by atoms with van der Waals surface area (Å²) < 4.78 is 129. The van der Waals surface area contributed by atoms with Crippen LogP contribution in [0.3, 0.4) is 0 Å². The first-order valence-corrected chi connectivity index (χ1v) is 11.0. The van der Waals surface area contributed by atoms with Gasteiger partial charge in [-0.25, -0.2) is 8.42 Å². The quantitative estimate of drug-likeness (QED) is 0.628. The van der Waals surface area contributed by atoms with Crippen molar-refractivity contribution in [3.05, 3.63) is 28.8 Å². The second kappa shape index (κ2) is 7.49. The summed E-state index contributed by atoms with van der Waals surface area (Å²) in [5.41, 5.74) is -9.10. The molecule has 0 aliphatic heterocycles. The number of aryl methyl sites for hydroxylation is 1. The fourth-order valence-corrected chi connectivity index (χ4v) is 4.29. The number of hydrogen-bond acceptors (Lipinski definition) is 6. The van der Waals surface area contributed by atoms with Crippen LogP contribution in [0, 0.1) is 0 Å². The van der Waals surface area contributed by atoms with Crippen molar-refractivity contribution in [3.8, 4) is 11.6 Å². The summed E-state index contributed by atoms with van der Waals surface area (Å²) in [5, 5.41) is 2.59. The Morgan fingerprint density at radius 2 is 1.67 bits per heavy atom. The Morgan fingerprint density at radius 3 is 2.10 bits per heavy atom. The topological polar surface area (TPSA) is 107 Å². The number of anilines is 1. The largest absolute Gasteiger partial charge is 0.516 e. The van der Waals surface area contributed by atoms with E-state index >= 15 is 0 Å². The van der Waals surface area contributed by atoms with Gasteiger partial charge < -0.3 is 4.74 Å². The molecule has 1 heterocycles. The predicted octanol–water partition coefficient (Wildman–Crippen LogP) is 3.55. The minimum absolute atomic E-state index is 0.262. The Kier molecular flexibility index (Phi) is 6.01. The number of sulfonamides is 1. The minimum atomic E-state index is -6.18. The van der Waals surface area contributed by atoms with Crippen LogP contribution in [0.25, 0.3) is 0 Å². The maximum atomic E-state index is 13.1. The van der Waals surface area contributed by atoms with Crippen molar-refractivity contribution in [2.24, 2.45) is 7.05 Å². The third kappa shape index (κ3) is 4.92. The number of alkyl halides is 6. The monoisotopic (exact) mass is 501 g/mol. The first-order chi connectivity index (χ1) is 13.3. The Morgan fingerprint density at radius 1 is 1.10 bits per heavy atom. The van der Waals surface area contributed by atoms with Crippen LogP contribution < -0.4 is 9.46 Å². The maximum Gasteiger partial charge on any atom is 0.516 e. The summed E-state index contributed by atoms with van der Waals surface area (Å²) in [6, 6.07) is 1.23. The third-order valence-electron chi connectivity index (χ3n) is 3.32. The number of halogens is 7. The Balaban J connectivity index is 2.55. The van der Waals surface area contributed by atoms with E-state index in [1.165, 1.54) is 7.05 Å². The van der Waals surface area contributed by atoms with Gasteiger partial charge in [-0.1, -0.05) is 11.6 Å². The first-order valence-electron chi connectivity index (χ1n) is 7.25. The summed E-state index contributed by atoms with van der Waals surface area (Å²) in [7, 11) is -8.90. The molecular weight excluding hydrogens is 492 g/mol. The molecule has 0 amide bonds. The fourth-order valence-electron chi connectivity index (χ4n) is 2.16. The van der Waals surface area contributed by atoms with Crippen LogP contribution in [0.15, 0.2) is 23.2 Å². The lowest BCUT2D eigenvalue weighted by molar-refractivity contribution is -0.136. The van der Waals surface area contributed by atoms with Gasteiger partial charge in [0, 0.05) is 19.4 Å². The van der Waals surface area contributed by atoms with E-state index in [0.29, 0.717) is 12.1 Å². The Bertz CT molecular complexity index is 1190. The molecule has 8 nitrogen and oxygen atoms in total. The van der Waals surface area contributed by atoms with Crippen LogP contribution in [0.2, 0.25) is 5.02 Å². The van der Waals surface area contributed by atoms with Crippen LogP contribution in [0.4, 0.5) is 32.0 Å². The molecule has 30 heavy (non-hydrogen) atoms. The molecule has 17 heteroatoms. The van der Waals surface area contributed by atoms with E-state index in [0.717, 1.165) is 15.7 Å². The standard InChI is InChI=1S/C13H10ClF6N3O5S2/c1-23-11(29(2,24)25)9(14)10(21-23)28-6-3-4-7(12(15,16)17)8(5-6)22-30(26,27)13(18,19)20/h3-5,22H,1-2H3. The van der Waals surface area contributed by atoms with Crippen molar-refractivity contribution < 1.29 is 47.9 Å². The molecule has 0 aliphatic carbocycles. The summed E-state index contributed by atoms with van der Waals surface area (Å²) >= 11 is 5.85. The van der Waals surface area contributed by atoms with E-state index < -0.39 is 64.5 Å². The van der Waals surface area contributed by atoms with Gasteiger partial charge in [0.25, 0.3) is 5.88 Å². The Labute approximate surface area is 170 Å². The molecule has 0 bridgehead atoms. The normalized spacial score (nSPS) is 13.4. The highest BCUT2D eigenvalue weighted by atomic mass is 35.5. The summed E-state index contributed by atoms with van der Waals surface area (Å²) in [5.74, 6) is -1.20. The molecule has 0 fully saturated rings. The number of benzene rings is 1. The maximum absolute atomic E-state index is 13.1. The second-order valence-electron chi connectivity index (χ2n) is 5.68. The predicted molar refractivity (Wildman–Crippen MR) is 91.4 cm³/mol. The number of nitrogens with one attached hydrogen (secondary N) is 1. The van der Waals surface area contributed by atoms with Gasteiger partial charge in [-0.05, 0) is 12.1 Å². The smallest absolute Gasteiger partial charge is 0.436 e. The lowest BCUT2D eigenvalue weighted by atomic mass is 10.1. The second-order valence-corrected chi connectivity index (χ2v) is 9.66. The number of nitrogens with zero attached hydrogens (tertiary/aromatic N) is 2. The molecule has 0 saturated heterocycles. The van der Waals surface area contributed by atoms with Crippen molar-refractivity contribution in [2.75, 3.05) is 11.0 Å². The van der Waals surface area contributed by atoms with Crippen LogP contribution in [-0.4, -0.2) is 38.4 Å². The van der Waals surface area contributed by atoms with Crippen LogP contribution >= 0.6 is 11.6 Å². The van der Waals surface area contributed by atoms with Crippen molar-refractivity contribution in [1.29, 1.82) is 0 Å². The van der Waals surface area contributed by atoms with Gasteiger partial charge >= 0.3 is 21.7 Å². The number of rotatable bonds is 5. The summed E-state index contributed by atoms with van der Waals surface area (Å²) in [6.07, 6.45) is -4.42. The van der Waals surface area contributed by atoms with Crippen molar-refractivity contribution in [1.82, 2.24) is 9.78 Å². The number of aromatic nitrogens is 2. The average molecular weight is 502 g/mol. The highest BCUT2D eigenvalue weighted by Gasteiger charge is 2.47. The van der Waals surface area contributed by atoms with Gasteiger partial charge in [0.15, 0.2) is 14.9 Å². The molecule has 1 N–H and O–H groups in total. The minimum Gasteiger partial charge on any atom is -0.436 e. The van der Waals surface area contributed by atoms with E-state index in [4.69, 9.17) is 16.3 Å². The summed E-state index contributed by atoms with van der Waals surface area (Å²) in [4.78, 5) is 0. The molecule has 1 aromatic heterocycles. The van der Waals surface area contributed by atoms with Crippen molar-refractivity contribution >= 4 is 37.1 Å². The lowest BCUT2D eigenvalue weighted by Crippen LogP contribution is -2.30. The van der Waals surface area contributed by atoms with Crippen LogP contribution in [0.1, 0.15) is 5.56 Å². The third-order valence-corrected chi connectivity index (χ3v) is 6.04. The van der Waals surface area contributed by atoms with Gasteiger partial charge in [-0.2, -0.15) is 34.8 Å². The molecule has 2 rings (SSSR count). The van der Waals surface area contributed by atoms with Crippen LogP contribution in [0.5, 0.6) is 11.6 Å². The molecular formula is C13H10ClF6N3O5S2. The SMILES string of the molecule is Cn1nc(Oc2ccc(C(F)(F)F)c(NS(=O)(=O)C(F)(F)F)c2)c(Cl)c1S(C)(=O)=O. The fraction of sp³-hybridized carbons (Fsp3) is 0.308. The zero-order chi connectivity index (χ0) is 23.3. The number of ether oxygens (including phenoxy) is 1. The molecule has 0 atom stereocenters. The molecule has 0 aliphatic rings. The molecule has 2 aromatic rings. The molecule has 0 radical (unpaired) electrons. The first kappa shape index (κ1) is 24.1. The lowest BCUT2D eigenvalue weighted by Gasteiger charge is -2.17. The molecule has 0 saturated carbocycles. The van der Waals surface area contributed by atoms with E-state index in [-0.39, 0.29) is 6.07 Å². The zero-order valence-electron chi connectivity index (χ0n) is 14.6. The van der Waals surface area contributed by atoms with E-state index in [2.05, 4.69) is 5.10 Å². The molecule has 0 unspecified atom stereocenters. The molecule has 168 valence electrons. The number of hydrogen-bond donors (Lipinski definition) is 1. The van der Waals surface area contributed by atoms with Gasteiger partial charge in [0.1, 0.15) is 10.8 Å². The number of sulfone groups is 1. The van der Waals surface area contributed by atoms with Gasteiger partial charge in [-0.15, -0.1) is 5.10 Å². The summed E-state index contributed by atoms with van der Waals surface area (Å²) in [6.45, 7) is 0.